The van der Waals surface area contributed by atoms with Gasteiger partial charge in [-0.15, -0.1) is 10.2 Å². The van der Waals surface area contributed by atoms with Crippen LogP contribution in [0.25, 0.3) is 0 Å². The van der Waals surface area contributed by atoms with Crippen molar-refractivity contribution in [1.82, 2.24) is 14.8 Å². The van der Waals surface area contributed by atoms with Crippen molar-refractivity contribution in [1.29, 1.82) is 0 Å². The van der Waals surface area contributed by atoms with E-state index < -0.39 is 0 Å². The second-order valence-electron chi connectivity index (χ2n) is 5.91. The van der Waals surface area contributed by atoms with Crippen molar-refractivity contribution in [2.24, 2.45) is 0 Å². The second-order valence-corrected chi connectivity index (χ2v) is 7.42. The molecule has 1 aliphatic heterocycles. The molecule has 0 saturated heterocycles. The van der Waals surface area contributed by atoms with Gasteiger partial charge in [-0.2, -0.15) is 12.6 Å². The Morgan fingerprint density at radius 2 is 1.67 bits per heavy atom. The number of thioether (sulfide) groups is 1. The minimum atomic E-state index is 1.04. The van der Waals surface area contributed by atoms with E-state index >= 15 is 0 Å². The lowest BCUT2D eigenvalue weighted by Gasteiger charge is -2.06. The van der Waals surface area contributed by atoms with E-state index in [-0.39, 0.29) is 0 Å². The van der Waals surface area contributed by atoms with Crippen LogP contribution in [-0.2, 0) is 13.0 Å². The van der Waals surface area contributed by atoms with E-state index in [2.05, 4.69) is 27.4 Å². The smallest absolute Gasteiger partial charge is 0.191 e. The van der Waals surface area contributed by atoms with E-state index in [4.69, 9.17) is 0 Å². The van der Waals surface area contributed by atoms with Gasteiger partial charge in [-0.05, 0) is 31.4 Å². The zero-order valence-electron chi connectivity index (χ0n) is 13.1. The van der Waals surface area contributed by atoms with Crippen molar-refractivity contribution in [2.75, 3.05) is 11.5 Å². The van der Waals surface area contributed by atoms with E-state index in [0.29, 0.717) is 0 Å². The lowest BCUT2D eigenvalue weighted by molar-refractivity contribution is 0.589. The number of hydrogen-bond donors (Lipinski definition) is 1. The summed E-state index contributed by atoms with van der Waals surface area (Å²) in [6.45, 7) is 1.12. The zero-order chi connectivity index (χ0) is 14.8. The average Bonchev–Trinajstić information content (AvgIpc) is 2.73. The maximum atomic E-state index is 4.38. The van der Waals surface area contributed by atoms with Crippen LogP contribution in [0.5, 0.6) is 0 Å². The van der Waals surface area contributed by atoms with Gasteiger partial charge in [0, 0.05) is 18.7 Å². The predicted octanol–water partition coefficient (Wildman–Crippen LogP) is 4.76. The minimum Gasteiger partial charge on any atom is -0.306 e. The highest BCUT2D eigenvalue weighted by molar-refractivity contribution is 7.99. The van der Waals surface area contributed by atoms with Crippen molar-refractivity contribution >= 4 is 24.4 Å². The molecule has 0 fully saturated rings. The molecule has 0 aliphatic carbocycles. The van der Waals surface area contributed by atoms with Crippen LogP contribution < -0.4 is 0 Å². The molecule has 0 N–H and O–H groups in total. The third-order valence-corrected chi connectivity index (χ3v) is 5.48. The molecular formula is C16H29N3S2. The van der Waals surface area contributed by atoms with Gasteiger partial charge in [0.05, 0.1) is 0 Å². The number of nitrogens with zero attached hydrogens (tertiary/aromatic N) is 3. The predicted molar refractivity (Wildman–Crippen MR) is 94.5 cm³/mol. The van der Waals surface area contributed by atoms with E-state index in [0.717, 1.165) is 23.9 Å². The molecule has 3 nitrogen and oxygen atoms in total. The van der Waals surface area contributed by atoms with Gasteiger partial charge < -0.3 is 4.57 Å². The quantitative estimate of drug-likeness (QED) is 0.382. The molecule has 0 radical (unpaired) electrons. The highest BCUT2D eigenvalue weighted by Crippen LogP contribution is 2.23. The molecule has 1 aromatic rings. The van der Waals surface area contributed by atoms with Crippen molar-refractivity contribution in [3.8, 4) is 0 Å². The first-order valence-corrected chi connectivity index (χ1v) is 10.2. The fraction of sp³-hybridized carbons (Fsp3) is 0.875. The molecule has 1 aliphatic rings. The third kappa shape index (κ3) is 6.23. The van der Waals surface area contributed by atoms with Crippen molar-refractivity contribution < 1.29 is 0 Å². The molecule has 2 heterocycles. The summed E-state index contributed by atoms with van der Waals surface area (Å²) in [5.41, 5.74) is 0. The Morgan fingerprint density at radius 1 is 0.905 bits per heavy atom. The van der Waals surface area contributed by atoms with E-state index in [1.165, 1.54) is 75.8 Å². The average molecular weight is 328 g/mol. The standard InChI is InChI=1S/C16H29N3S2/c20-13-9-4-2-1-3-5-10-14-21-16-18-17-15-11-7-6-8-12-19(15)16/h20H,1-14H2. The van der Waals surface area contributed by atoms with Gasteiger partial charge in [0.2, 0.25) is 0 Å². The number of thiol groups is 1. The van der Waals surface area contributed by atoms with Crippen molar-refractivity contribution in [3.05, 3.63) is 5.82 Å². The van der Waals surface area contributed by atoms with Gasteiger partial charge in [0.1, 0.15) is 5.82 Å². The van der Waals surface area contributed by atoms with Gasteiger partial charge in [-0.1, -0.05) is 50.3 Å². The first-order chi connectivity index (χ1) is 10.4. The molecule has 0 aromatic carbocycles. The van der Waals surface area contributed by atoms with E-state index in [1.807, 2.05) is 11.8 Å². The molecule has 0 bridgehead atoms. The summed E-state index contributed by atoms with van der Waals surface area (Å²) in [5, 5.41) is 9.89. The van der Waals surface area contributed by atoms with Gasteiger partial charge in [0.15, 0.2) is 5.16 Å². The summed E-state index contributed by atoms with van der Waals surface area (Å²) < 4.78 is 2.36. The van der Waals surface area contributed by atoms with Crippen molar-refractivity contribution in [3.63, 3.8) is 0 Å². The molecule has 120 valence electrons. The lowest BCUT2D eigenvalue weighted by Crippen LogP contribution is -2.02. The van der Waals surface area contributed by atoms with Crippen LogP contribution in [0, 0.1) is 0 Å². The Morgan fingerprint density at radius 3 is 2.48 bits per heavy atom. The molecular weight excluding hydrogens is 298 g/mol. The summed E-state index contributed by atoms with van der Waals surface area (Å²) in [6, 6.07) is 0. The largest absolute Gasteiger partial charge is 0.306 e. The minimum absolute atomic E-state index is 1.04. The van der Waals surface area contributed by atoms with Crippen LogP contribution in [-0.4, -0.2) is 26.3 Å². The molecule has 0 unspecified atom stereocenters. The molecule has 0 spiro atoms. The zero-order valence-corrected chi connectivity index (χ0v) is 14.8. The van der Waals surface area contributed by atoms with Crippen LogP contribution in [0.15, 0.2) is 5.16 Å². The van der Waals surface area contributed by atoms with Crippen LogP contribution in [0.2, 0.25) is 0 Å². The fourth-order valence-corrected chi connectivity index (χ4v) is 4.03. The normalized spacial score (nSPS) is 14.9. The Bertz CT molecular complexity index is 393. The molecule has 0 atom stereocenters. The Kier molecular flexibility index (Phi) is 8.64. The van der Waals surface area contributed by atoms with Gasteiger partial charge in [-0.3, -0.25) is 0 Å². The molecule has 0 saturated carbocycles. The highest BCUT2D eigenvalue weighted by atomic mass is 32.2. The molecule has 2 rings (SSSR count). The Labute approximate surface area is 139 Å². The second kappa shape index (κ2) is 10.5. The molecule has 5 heteroatoms. The lowest BCUT2D eigenvalue weighted by atomic mass is 10.1. The number of hydrogen-bond acceptors (Lipinski definition) is 4. The summed E-state index contributed by atoms with van der Waals surface area (Å²) in [4.78, 5) is 0. The first kappa shape index (κ1) is 17.2. The monoisotopic (exact) mass is 327 g/mol. The SMILES string of the molecule is SCCCCCCCCCSc1nnc2n1CCCCC2. The van der Waals surface area contributed by atoms with Crippen molar-refractivity contribution in [2.45, 2.75) is 82.3 Å². The highest BCUT2D eigenvalue weighted by Gasteiger charge is 2.14. The topological polar surface area (TPSA) is 30.7 Å². The number of aryl methyl sites for hydroxylation is 1. The third-order valence-electron chi connectivity index (χ3n) is 4.11. The molecule has 1 aromatic heterocycles. The number of aromatic nitrogens is 3. The van der Waals surface area contributed by atoms with E-state index in [1.54, 1.807) is 0 Å². The number of rotatable bonds is 10. The van der Waals surface area contributed by atoms with Gasteiger partial charge >= 0.3 is 0 Å². The van der Waals surface area contributed by atoms with E-state index in [9.17, 15) is 0 Å². The van der Waals surface area contributed by atoms with Gasteiger partial charge in [0.25, 0.3) is 0 Å². The maximum absolute atomic E-state index is 4.38. The van der Waals surface area contributed by atoms with Gasteiger partial charge in [-0.25, -0.2) is 0 Å². The number of fused-ring (bicyclic) bond motifs is 1. The van der Waals surface area contributed by atoms with Crippen LogP contribution in [0.1, 0.15) is 70.0 Å². The number of unbranched alkanes of at least 4 members (excludes halogenated alkanes) is 6. The fourth-order valence-electron chi connectivity index (χ4n) is 2.83. The summed E-state index contributed by atoms with van der Waals surface area (Å²) >= 11 is 6.15. The van der Waals surface area contributed by atoms with Crippen LogP contribution in [0.3, 0.4) is 0 Å². The Hall–Kier alpha value is -0.160. The van der Waals surface area contributed by atoms with Crippen LogP contribution >= 0.6 is 24.4 Å². The summed E-state index contributed by atoms with van der Waals surface area (Å²) in [6.07, 6.45) is 14.4. The molecule has 0 amide bonds. The van der Waals surface area contributed by atoms with Crippen LogP contribution in [0.4, 0.5) is 0 Å². The Balaban J connectivity index is 1.56. The first-order valence-electron chi connectivity index (χ1n) is 8.57. The molecule has 21 heavy (non-hydrogen) atoms. The maximum Gasteiger partial charge on any atom is 0.191 e. The summed E-state index contributed by atoms with van der Waals surface area (Å²) in [5.74, 6) is 3.44. The summed E-state index contributed by atoms with van der Waals surface area (Å²) in [7, 11) is 0.